The molecule has 1 aromatic carbocycles. The molecule has 14 heteroatoms. The standard InChI is InChI=1S/C12H11N6O7S/c1-12(26(23,24)25,17-9(19)5-6-10(17)20)14-7-3-2-4-8(15-16-13)11(7)18(21)22/h2-4,14H,1,5-6H2,(H,23,24,25). The van der Waals surface area contributed by atoms with Gasteiger partial charge in [0.15, 0.2) is 0 Å². The van der Waals surface area contributed by atoms with E-state index in [1.165, 1.54) is 6.07 Å². The van der Waals surface area contributed by atoms with Crippen LogP contribution in [0.3, 0.4) is 0 Å². The number of benzene rings is 1. The van der Waals surface area contributed by atoms with Gasteiger partial charge in [0.25, 0.3) is 0 Å². The number of rotatable bonds is 6. The third kappa shape index (κ3) is 3.15. The Balaban J connectivity index is 2.67. The lowest BCUT2D eigenvalue weighted by molar-refractivity contribution is -0.383. The molecule has 1 atom stereocenters. The van der Waals surface area contributed by atoms with Gasteiger partial charge in [0, 0.05) is 24.7 Å². The summed E-state index contributed by atoms with van der Waals surface area (Å²) < 4.78 is 33.3. The number of nitrogens with zero attached hydrogens (tertiary/aromatic N) is 5. The number of azide groups is 1. The molecule has 0 aromatic heterocycles. The van der Waals surface area contributed by atoms with Crippen LogP contribution in [0.25, 0.3) is 10.4 Å². The number of nitrogens with one attached hydrogen (secondary N) is 1. The van der Waals surface area contributed by atoms with E-state index in [0.717, 1.165) is 12.1 Å². The Labute approximate surface area is 146 Å². The van der Waals surface area contributed by atoms with E-state index in [1.807, 2.05) is 0 Å². The van der Waals surface area contributed by atoms with Crippen molar-refractivity contribution in [3.8, 4) is 0 Å². The normalized spacial score (nSPS) is 16.8. The summed E-state index contributed by atoms with van der Waals surface area (Å²) in [6, 6.07) is 3.31. The maximum Gasteiger partial charge on any atom is 0.309 e. The summed E-state index contributed by atoms with van der Waals surface area (Å²) in [6.45, 7) is 3.20. The number of likely N-dealkylation sites (tertiary alicyclic amines) is 1. The molecular weight excluding hydrogens is 372 g/mol. The third-order valence-electron chi connectivity index (χ3n) is 3.52. The van der Waals surface area contributed by atoms with Gasteiger partial charge < -0.3 is 5.32 Å². The first-order valence-corrected chi connectivity index (χ1v) is 8.26. The van der Waals surface area contributed by atoms with E-state index < -0.39 is 48.9 Å². The number of carbonyl (C=O) groups excluding carboxylic acids is 2. The molecular formula is C12H11N6O7S. The molecule has 1 aliphatic heterocycles. The van der Waals surface area contributed by atoms with Crippen molar-refractivity contribution < 1.29 is 27.5 Å². The fourth-order valence-corrected chi connectivity index (χ4v) is 3.05. The Bertz CT molecular complexity index is 939. The monoisotopic (exact) mass is 383 g/mol. The highest BCUT2D eigenvalue weighted by molar-refractivity contribution is 7.87. The van der Waals surface area contributed by atoms with Gasteiger partial charge in [0.2, 0.25) is 16.8 Å². The van der Waals surface area contributed by atoms with Crippen LogP contribution in [0.4, 0.5) is 17.1 Å². The third-order valence-corrected chi connectivity index (χ3v) is 4.66. The molecule has 2 N–H and O–H groups in total. The number of imide groups is 1. The summed E-state index contributed by atoms with van der Waals surface area (Å²) in [4.78, 5) is 33.8. The maximum absolute atomic E-state index is 11.9. The lowest BCUT2D eigenvalue weighted by Gasteiger charge is -2.35. The van der Waals surface area contributed by atoms with Crippen molar-refractivity contribution in [2.75, 3.05) is 5.32 Å². The van der Waals surface area contributed by atoms with E-state index in [-0.39, 0.29) is 17.7 Å². The van der Waals surface area contributed by atoms with Crippen molar-refractivity contribution in [1.82, 2.24) is 4.90 Å². The van der Waals surface area contributed by atoms with E-state index >= 15 is 0 Å². The number of hydrogen-bond acceptors (Lipinski definition) is 8. The zero-order chi connectivity index (χ0) is 19.7. The number of amides is 2. The number of carbonyl (C=O) groups is 2. The number of nitro benzene ring substituents is 1. The van der Waals surface area contributed by atoms with Crippen molar-refractivity contribution >= 4 is 39.0 Å². The minimum atomic E-state index is -5.24. The SMILES string of the molecule is [CH2]C(Nc1cccc(N=[N+]=[N-])c1[N+](=O)[O-])(N1C(=O)CCC1=O)S(=O)(=O)O. The molecule has 0 bridgehead atoms. The predicted molar refractivity (Wildman–Crippen MR) is 86.2 cm³/mol. The number of para-hydroxylation sites is 1. The molecule has 2 rings (SSSR count). The number of hydrogen-bond donors (Lipinski definition) is 2. The molecule has 13 nitrogen and oxygen atoms in total. The van der Waals surface area contributed by atoms with Gasteiger partial charge in [-0.1, -0.05) is 11.2 Å². The van der Waals surface area contributed by atoms with E-state index in [1.54, 1.807) is 0 Å². The van der Waals surface area contributed by atoms with Crippen LogP contribution in [-0.4, -0.2) is 39.6 Å². The van der Waals surface area contributed by atoms with Crippen molar-refractivity contribution in [1.29, 1.82) is 0 Å². The highest BCUT2D eigenvalue weighted by atomic mass is 32.2. The minimum absolute atomic E-state index is 0.187. The molecule has 0 aliphatic carbocycles. The summed E-state index contributed by atoms with van der Waals surface area (Å²) in [5.74, 6) is -1.88. The minimum Gasteiger partial charge on any atom is -0.342 e. The van der Waals surface area contributed by atoms with Gasteiger partial charge >= 0.3 is 15.8 Å². The second kappa shape index (κ2) is 6.59. The second-order valence-electron chi connectivity index (χ2n) is 5.13. The molecule has 1 radical (unpaired) electrons. The lowest BCUT2D eigenvalue weighted by atomic mass is 10.2. The van der Waals surface area contributed by atoms with Gasteiger partial charge in [-0.05, 0) is 17.7 Å². The van der Waals surface area contributed by atoms with E-state index in [9.17, 15) is 32.7 Å². The quantitative estimate of drug-likeness (QED) is 0.140. The largest absolute Gasteiger partial charge is 0.342 e. The molecule has 1 fully saturated rings. The van der Waals surface area contributed by atoms with Crippen LogP contribution < -0.4 is 5.32 Å². The van der Waals surface area contributed by atoms with Crippen LogP contribution in [0.2, 0.25) is 0 Å². The summed E-state index contributed by atoms with van der Waals surface area (Å²) in [5, 5.41) is 16.5. The summed E-state index contributed by atoms with van der Waals surface area (Å²) in [6.07, 6.45) is -0.623. The predicted octanol–water partition coefficient (Wildman–Crippen LogP) is 1.47. The fraction of sp³-hybridized carbons (Fsp3) is 0.250. The summed E-state index contributed by atoms with van der Waals surface area (Å²) in [7, 11) is -5.24. The fourth-order valence-electron chi connectivity index (χ4n) is 2.38. The zero-order valence-electron chi connectivity index (χ0n) is 12.9. The van der Waals surface area contributed by atoms with Crippen LogP contribution >= 0.6 is 0 Å². The molecule has 2 amide bonds. The van der Waals surface area contributed by atoms with Gasteiger partial charge in [-0.15, -0.1) is 0 Å². The van der Waals surface area contributed by atoms with Crippen molar-refractivity contribution in [3.05, 3.63) is 45.7 Å². The zero-order valence-corrected chi connectivity index (χ0v) is 13.7. The van der Waals surface area contributed by atoms with Gasteiger partial charge in [0.1, 0.15) is 11.4 Å². The van der Waals surface area contributed by atoms with Crippen molar-refractivity contribution in [2.45, 2.75) is 17.8 Å². The number of anilines is 1. The summed E-state index contributed by atoms with van der Waals surface area (Å²) >= 11 is 0. The van der Waals surface area contributed by atoms with Gasteiger partial charge in [-0.25, -0.2) is 4.90 Å². The highest BCUT2D eigenvalue weighted by Gasteiger charge is 2.52. The topological polar surface area (TPSA) is 196 Å². The van der Waals surface area contributed by atoms with Crippen molar-refractivity contribution in [3.63, 3.8) is 0 Å². The van der Waals surface area contributed by atoms with Crippen LogP contribution in [-0.2, 0) is 19.7 Å². The second-order valence-corrected chi connectivity index (χ2v) is 6.75. The maximum atomic E-state index is 11.9. The number of nitro groups is 1. The first kappa shape index (κ1) is 19.1. The average molecular weight is 383 g/mol. The van der Waals surface area contributed by atoms with Crippen molar-refractivity contribution in [2.24, 2.45) is 5.11 Å². The van der Waals surface area contributed by atoms with Crippen LogP contribution in [0, 0.1) is 17.0 Å². The molecule has 137 valence electrons. The van der Waals surface area contributed by atoms with E-state index in [4.69, 9.17) is 5.53 Å². The Morgan fingerprint density at radius 1 is 1.38 bits per heavy atom. The van der Waals surface area contributed by atoms with Crippen LogP contribution in [0.15, 0.2) is 23.3 Å². The van der Waals surface area contributed by atoms with Gasteiger partial charge in [0.05, 0.1) is 4.92 Å². The first-order valence-electron chi connectivity index (χ1n) is 6.82. The molecule has 26 heavy (non-hydrogen) atoms. The Hall–Kier alpha value is -3.22. The van der Waals surface area contributed by atoms with E-state index in [0.29, 0.717) is 0 Å². The summed E-state index contributed by atoms with van der Waals surface area (Å²) in [5.41, 5.74) is 6.66. The van der Waals surface area contributed by atoms with Crippen LogP contribution in [0.5, 0.6) is 0 Å². The lowest BCUT2D eigenvalue weighted by Crippen LogP contribution is -2.59. The van der Waals surface area contributed by atoms with Gasteiger partial charge in [-0.2, -0.15) is 8.42 Å². The smallest absolute Gasteiger partial charge is 0.309 e. The Morgan fingerprint density at radius 3 is 2.42 bits per heavy atom. The first-order chi connectivity index (χ1) is 12.0. The Morgan fingerprint density at radius 2 is 1.96 bits per heavy atom. The molecule has 1 heterocycles. The molecule has 1 saturated heterocycles. The highest BCUT2D eigenvalue weighted by Crippen LogP contribution is 2.38. The molecule has 1 aromatic rings. The van der Waals surface area contributed by atoms with Crippen LogP contribution in [0.1, 0.15) is 12.8 Å². The molecule has 1 aliphatic rings. The average Bonchev–Trinajstić information content (AvgIpc) is 2.85. The molecule has 1 unspecified atom stereocenters. The Kier molecular flexibility index (Phi) is 4.84. The van der Waals surface area contributed by atoms with Gasteiger partial charge in [-0.3, -0.25) is 24.3 Å². The molecule has 0 saturated carbocycles. The van der Waals surface area contributed by atoms with E-state index in [2.05, 4.69) is 22.3 Å². The molecule has 0 spiro atoms.